The van der Waals surface area contributed by atoms with Crippen LogP contribution in [0.4, 0.5) is 10.5 Å². The molecule has 2 aromatic rings. The van der Waals surface area contributed by atoms with E-state index in [0.717, 1.165) is 4.90 Å². The van der Waals surface area contributed by atoms with Crippen LogP contribution in [0.2, 0.25) is 5.02 Å². The van der Waals surface area contributed by atoms with Crippen molar-refractivity contribution in [1.29, 1.82) is 0 Å². The van der Waals surface area contributed by atoms with Gasteiger partial charge >= 0.3 is 6.03 Å². The first-order valence-electron chi connectivity index (χ1n) is 7.89. The zero-order valence-corrected chi connectivity index (χ0v) is 14.6. The first-order valence-corrected chi connectivity index (χ1v) is 8.27. The Balaban J connectivity index is 1.93. The molecule has 2 aromatic carbocycles. The van der Waals surface area contributed by atoms with Crippen LogP contribution in [0.15, 0.2) is 54.1 Å². The van der Waals surface area contributed by atoms with Gasteiger partial charge in [0.2, 0.25) is 0 Å². The SMILES string of the molecule is CCOc1ccc(/C=C2/C(=O)NC(=O)N(c3ccc(Cl)cc3)C2=O)cc1. The molecule has 26 heavy (non-hydrogen) atoms. The van der Waals surface area contributed by atoms with E-state index in [4.69, 9.17) is 16.3 Å². The summed E-state index contributed by atoms with van der Waals surface area (Å²) in [6, 6.07) is 12.3. The Hall–Kier alpha value is -3.12. The number of carbonyl (C=O) groups is 3. The van der Waals surface area contributed by atoms with E-state index in [-0.39, 0.29) is 5.57 Å². The fourth-order valence-corrected chi connectivity index (χ4v) is 2.60. The highest BCUT2D eigenvalue weighted by Gasteiger charge is 2.36. The van der Waals surface area contributed by atoms with Crippen molar-refractivity contribution in [3.63, 3.8) is 0 Å². The Morgan fingerprint density at radius 3 is 2.31 bits per heavy atom. The Bertz CT molecular complexity index is 889. The number of anilines is 1. The minimum absolute atomic E-state index is 0.135. The summed E-state index contributed by atoms with van der Waals surface area (Å²) < 4.78 is 5.36. The van der Waals surface area contributed by atoms with Crippen molar-refractivity contribution in [2.75, 3.05) is 11.5 Å². The molecule has 0 radical (unpaired) electrons. The summed E-state index contributed by atoms with van der Waals surface area (Å²) in [5.41, 5.74) is 0.822. The van der Waals surface area contributed by atoms with Crippen LogP contribution in [0.3, 0.4) is 0 Å². The zero-order valence-electron chi connectivity index (χ0n) is 13.9. The van der Waals surface area contributed by atoms with Gasteiger partial charge in [-0.05, 0) is 55.0 Å². The number of amides is 4. The second-order valence-electron chi connectivity index (χ2n) is 5.44. The van der Waals surface area contributed by atoms with Gasteiger partial charge in [0, 0.05) is 5.02 Å². The Morgan fingerprint density at radius 1 is 1.04 bits per heavy atom. The van der Waals surface area contributed by atoms with Gasteiger partial charge in [-0.2, -0.15) is 0 Å². The maximum Gasteiger partial charge on any atom is 0.335 e. The number of nitrogens with zero attached hydrogens (tertiary/aromatic N) is 1. The van der Waals surface area contributed by atoms with E-state index < -0.39 is 17.8 Å². The van der Waals surface area contributed by atoms with Crippen LogP contribution in [0.5, 0.6) is 5.75 Å². The maximum atomic E-state index is 12.7. The van der Waals surface area contributed by atoms with Crippen molar-refractivity contribution >= 4 is 41.2 Å². The van der Waals surface area contributed by atoms with E-state index in [1.165, 1.54) is 18.2 Å². The lowest BCUT2D eigenvalue weighted by Crippen LogP contribution is -2.54. The highest BCUT2D eigenvalue weighted by atomic mass is 35.5. The second kappa shape index (κ2) is 7.41. The molecule has 0 aliphatic carbocycles. The van der Waals surface area contributed by atoms with Gasteiger partial charge in [0.25, 0.3) is 11.8 Å². The summed E-state index contributed by atoms with van der Waals surface area (Å²) in [5, 5.41) is 2.65. The van der Waals surface area contributed by atoms with Crippen molar-refractivity contribution in [1.82, 2.24) is 5.32 Å². The standard InChI is InChI=1S/C19H15ClN2O4/c1-2-26-15-9-3-12(4-10-15)11-16-17(23)21-19(25)22(18(16)24)14-7-5-13(20)6-8-14/h3-11H,2H2,1H3,(H,21,23,25)/b16-11-. The fourth-order valence-electron chi connectivity index (χ4n) is 2.48. The van der Waals surface area contributed by atoms with Gasteiger partial charge < -0.3 is 4.74 Å². The predicted molar refractivity (Wildman–Crippen MR) is 98.1 cm³/mol. The number of benzene rings is 2. The van der Waals surface area contributed by atoms with E-state index in [1.807, 2.05) is 6.92 Å². The molecular weight excluding hydrogens is 356 g/mol. The van der Waals surface area contributed by atoms with E-state index in [9.17, 15) is 14.4 Å². The lowest BCUT2D eigenvalue weighted by atomic mass is 10.1. The number of imide groups is 2. The van der Waals surface area contributed by atoms with Crippen LogP contribution in [-0.4, -0.2) is 24.5 Å². The molecule has 3 rings (SSSR count). The Kier molecular flexibility index (Phi) is 5.04. The molecule has 0 bridgehead atoms. The maximum absolute atomic E-state index is 12.7. The van der Waals surface area contributed by atoms with Crippen LogP contribution in [0.25, 0.3) is 6.08 Å². The quantitative estimate of drug-likeness (QED) is 0.661. The van der Waals surface area contributed by atoms with E-state index in [0.29, 0.717) is 28.6 Å². The molecule has 4 amide bonds. The predicted octanol–water partition coefficient (Wildman–Crippen LogP) is 3.41. The molecule has 7 heteroatoms. The smallest absolute Gasteiger partial charge is 0.335 e. The third-order valence-electron chi connectivity index (χ3n) is 3.69. The molecular formula is C19H15ClN2O4. The zero-order chi connectivity index (χ0) is 18.7. The third kappa shape index (κ3) is 3.60. The summed E-state index contributed by atoms with van der Waals surface area (Å²) >= 11 is 5.84. The summed E-state index contributed by atoms with van der Waals surface area (Å²) in [6.07, 6.45) is 1.43. The van der Waals surface area contributed by atoms with E-state index in [1.54, 1.807) is 36.4 Å². The monoisotopic (exact) mass is 370 g/mol. The third-order valence-corrected chi connectivity index (χ3v) is 3.94. The Labute approximate surface area is 155 Å². The molecule has 6 nitrogen and oxygen atoms in total. The summed E-state index contributed by atoms with van der Waals surface area (Å²) in [7, 11) is 0. The molecule has 1 aliphatic heterocycles. The second-order valence-corrected chi connectivity index (χ2v) is 5.87. The fraction of sp³-hybridized carbons (Fsp3) is 0.105. The van der Waals surface area contributed by atoms with Crippen LogP contribution >= 0.6 is 11.6 Å². The van der Waals surface area contributed by atoms with Crippen LogP contribution in [0, 0.1) is 0 Å². The van der Waals surface area contributed by atoms with Crippen LogP contribution in [-0.2, 0) is 9.59 Å². The lowest BCUT2D eigenvalue weighted by Gasteiger charge is -2.26. The molecule has 1 N–H and O–H groups in total. The number of barbiturate groups is 1. The number of hydrogen-bond acceptors (Lipinski definition) is 4. The van der Waals surface area contributed by atoms with E-state index >= 15 is 0 Å². The van der Waals surface area contributed by atoms with Crippen LogP contribution < -0.4 is 15.0 Å². The largest absolute Gasteiger partial charge is 0.494 e. The summed E-state index contributed by atoms with van der Waals surface area (Å²) in [5.74, 6) is -0.749. The number of halogens is 1. The molecule has 0 saturated carbocycles. The molecule has 0 aromatic heterocycles. The van der Waals surface area contributed by atoms with Gasteiger partial charge in [-0.3, -0.25) is 14.9 Å². The average Bonchev–Trinajstić information content (AvgIpc) is 2.62. The van der Waals surface area contributed by atoms with Crippen molar-refractivity contribution in [2.45, 2.75) is 6.92 Å². The normalized spacial score (nSPS) is 16.0. The lowest BCUT2D eigenvalue weighted by molar-refractivity contribution is -0.122. The molecule has 132 valence electrons. The van der Waals surface area contributed by atoms with Gasteiger partial charge in [-0.15, -0.1) is 0 Å². The van der Waals surface area contributed by atoms with Crippen molar-refractivity contribution in [3.05, 3.63) is 64.7 Å². The van der Waals surface area contributed by atoms with Crippen LogP contribution in [0.1, 0.15) is 12.5 Å². The van der Waals surface area contributed by atoms with Crippen molar-refractivity contribution < 1.29 is 19.1 Å². The van der Waals surface area contributed by atoms with Gasteiger partial charge in [-0.1, -0.05) is 23.7 Å². The molecule has 0 unspecified atom stereocenters. The Morgan fingerprint density at radius 2 is 1.69 bits per heavy atom. The number of ether oxygens (including phenoxy) is 1. The topological polar surface area (TPSA) is 75.7 Å². The van der Waals surface area contributed by atoms with Gasteiger partial charge in [0.05, 0.1) is 12.3 Å². The average molecular weight is 371 g/mol. The van der Waals surface area contributed by atoms with Gasteiger partial charge in [0.1, 0.15) is 11.3 Å². The molecule has 0 spiro atoms. The molecule has 1 aliphatic rings. The van der Waals surface area contributed by atoms with E-state index in [2.05, 4.69) is 5.32 Å². The van der Waals surface area contributed by atoms with Gasteiger partial charge in [-0.25, -0.2) is 9.69 Å². The number of carbonyl (C=O) groups excluding carboxylic acids is 3. The highest BCUT2D eigenvalue weighted by molar-refractivity contribution is 6.39. The highest BCUT2D eigenvalue weighted by Crippen LogP contribution is 2.24. The number of urea groups is 1. The minimum atomic E-state index is -0.800. The number of rotatable bonds is 4. The summed E-state index contributed by atoms with van der Waals surface area (Å²) in [4.78, 5) is 37.9. The first-order chi connectivity index (χ1) is 12.5. The molecule has 1 saturated heterocycles. The molecule has 1 fully saturated rings. The number of nitrogens with one attached hydrogen (secondary N) is 1. The molecule has 1 heterocycles. The van der Waals surface area contributed by atoms with Crippen molar-refractivity contribution in [3.8, 4) is 5.75 Å². The van der Waals surface area contributed by atoms with Crippen molar-refractivity contribution in [2.24, 2.45) is 0 Å². The molecule has 0 atom stereocenters. The summed E-state index contributed by atoms with van der Waals surface area (Å²) in [6.45, 7) is 2.42. The number of hydrogen-bond donors (Lipinski definition) is 1. The van der Waals surface area contributed by atoms with Gasteiger partial charge in [0.15, 0.2) is 0 Å². The minimum Gasteiger partial charge on any atom is -0.494 e. The first kappa shape index (κ1) is 17.7.